The number of aliphatic hydroxyl groups excluding tert-OH is 1. The molecule has 0 aromatic carbocycles. The number of ether oxygens (including phenoxy) is 1. The van der Waals surface area contributed by atoms with E-state index in [4.69, 9.17) is 15.1 Å². The Balaban J connectivity index is 2.32. The van der Waals surface area contributed by atoms with E-state index in [-0.39, 0.29) is 12.6 Å². The number of hydrogen-bond donors (Lipinski definition) is 1. The second-order valence-corrected chi connectivity index (χ2v) is 2.86. The monoisotopic (exact) mass is 170 g/mol. The van der Waals surface area contributed by atoms with Crippen molar-refractivity contribution in [2.24, 2.45) is 0 Å². The van der Waals surface area contributed by atoms with Gasteiger partial charge in [-0.25, -0.2) is 0 Å². The van der Waals surface area contributed by atoms with Crippen molar-refractivity contribution in [3.63, 3.8) is 0 Å². The van der Waals surface area contributed by atoms with Crippen LogP contribution >= 0.6 is 0 Å². The second-order valence-electron chi connectivity index (χ2n) is 2.86. The van der Waals surface area contributed by atoms with Gasteiger partial charge in [-0.3, -0.25) is 4.90 Å². The summed E-state index contributed by atoms with van der Waals surface area (Å²) < 4.78 is 5.20. The van der Waals surface area contributed by atoms with Gasteiger partial charge in [0.1, 0.15) is 0 Å². The molecular weight excluding hydrogens is 156 g/mol. The van der Waals surface area contributed by atoms with Crippen LogP contribution in [0.4, 0.5) is 0 Å². The SMILES string of the molecule is N#CCCN1CCOCC1CO. The molecule has 1 rings (SSSR count). The van der Waals surface area contributed by atoms with Gasteiger partial charge < -0.3 is 9.84 Å². The van der Waals surface area contributed by atoms with Gasteiger partial charge in [0, 0.05) is 19.5 Å². The molecule has 1 aliphatic rings. The Hall–Kier alpha value is -0.630. The molecule has 1 heterocycles. The summed E-state index contributed by atoms with van der Waals surface area (Å²) in [7, 11) is 0. The molecule has 1 N–H and O–H groups in total. The summed E-state index contributed by atoms with van der Waals surface area (Å²) in [6.07, 6.45) is 0.524. The maximum absolute atomic E-state index is 8.96. The van der Waals surface area contributed by atoms with E-state index in [9.17, 15) is 0 Å². The van der Waals surface area contributed by atoms with Gasteiger partial charge in [0.2, 0.25) is 0 Å². The van der Waals surface area contributed by atoms with Crippen LogP contribution in [0.2, 0.25) is 0 Å². The minimum atomic E-state index is 0.0899. The van der Waals surface area contributed by atoms with Crippen LogP contribution in [-0.2, 0) is 4.74 Å². The van der Waals surface area contributed by atoms with Crippen molar-refractivity contribution in [1.82, 2.24) is 4.90 Å². The predicted molar refractivity (Wildman–Crippen MR) is 43.5 cm³/mol. The van der Waals surface area contributed by atoms with Crippen LogP contribution in [0, 0.1) is 11.3 Å². The topological polar surface area (TPSA) is 56.5 Å². The number of rotatable bonds is 3. The number of morpholine rings is 1. The van der Waals surface area contributed by atoms with Crippen molar-refractivity contribution in [3.05, 3.63) is 0 Å². The van der Waals surface area contributed by atoms with Crippen molar-refractivity contribution in [2.45, 2.75) is 12.5 Å². The van der Waals surface area contributed by atoms with Crippen molar-refractivity contribution in [2.75, 3.05) is 32.9 Å². The molecule has 1 aliphatic heterocycles. The highest BCUT2D eigenvalue weighted by molar-refractivity contribution is 4.78. The van der Waals surface area contributed by atoms with Gasteiger partial charge in [0.25, 0.3) is 0 Å². The Morgan fingerprint density at radius 2 is 2.50 bits per heavy atom. The minimum absolute atomic E-state index is 0.0899. The van der Waals surface area contributed by atoms with Gasteiger partial charge in [0.15, 0.2) is 0 Å². The molecule has 1 saturated heterocycles. The zero-order valence-corrected chi connectivity index (χ0v) is 7.07. The first kappa shape index (κ1) is 9.46. The van der Waals surface area contributed by atoms with E-state index >= 15 is 0 Å². The van der Waals surface area contributed by atoms with E-state index in [1.807, 2.05) is 0 Å². The minimum Gasteiger partial charge on any atom is -0.395 e. The molecule has 4 heteroatoms. The summed E-state index contributed by atoms with van der Waals surface area (Å²) in [6.45, 7) is 2.98. The second kappa shape index (κ2) is 5.09. The Labute approximate surface area is 72.3 Å². The number of nitriles is 1. The van der Waals surface area contributed by atoms with Crippen molar-refractivity contribution < 1.29 is 9.84 Å². The van der Waals surface area contributed by atoms with Crippen molar-refractivity contribution in [3.8, 4) is 6.07 Å². The third kappa shape index (κ3) is 2.45. The molecule has 1 atom stereocenters. The highest BCUT2D eigenvalue weighted by atomic mass is 16.5. The summed E-state index contributed by atoms with van der Waals surface area (Å²) in [5.74, 6) is 0. The van der Waals surface area contributed by atoms with Crippen LogP contribution in [0.25, 0.3) is 0 Å². The molecule has 1 unspecified atom stereocenters. The predicted octanol–water partition coefficient (Wildman–Crippen LogP) is -0.407. The molecule has 68 valence electrons. The molecule has 1 fully saturated rings. The van der Waals surface area contributed by atoms with E-state index in [2.05, 4.69) is 11.0 Å². The highest BCUT2D eigenvalue weighted by Crippen LogP contribution is 2.06. The molecule has 0 aromatic heterocycles. The third-order valence-electron chi connectivity index (χ3n) is 2.07. The molecule has 0 bridgehead atoms. The van der Waals surface area contributed by atoms with E-state index < -0.39 is 0 Å². The van der Waals surface area contributed by atoms with Gasteiger partial charge in [0.05, 0.1) is 31.9 Å². The van der Waals surface area contributed by atoms with E-state index in [1.54, 1.807) is 0 Å². The summed E-state index contributed by atoms with van der Waals surface area (Å²) >= 11 is 0. The van der Waals surface area contributed by atoms with Crippen LogP contribution in [0.1, 0.15) is 6.42 Å². The standard InChI is InChI=1S/C8H14N2O2/c9-2-1-3-10-4-5-12-7-8(10)6-11/h8,11H,1,3-7H2. The molecule has 0 amide bonds. The number of hydrogen-bond acceptors (Lipinski definition) is 4. The summed E-state index contributed by atoms with van der Waals surface area (Å²) in [5, 5.41) is 17.3. The van der Waals surface area contributed by atoms with Crippen LogP contribution in [-0.4, -0.2) is 49.0 Å². The maximum atomic E-state index is 8.96. The van der Waals surface area contributed by atoms with E-state index in [0.717, 1.165) is 13.1 Å². The van der Waals surface area contributed by atoms with Gasteiger partial charge >= 0.3 is 0 Å². The van der Waals surface area contributed by atoms with Gasteiger partial charge in [-0.1, -0.05) is 0 Å². The summed E-state index contributed by atoms with van der Waals surface area (Å²) in [4.78, 5) is 2.10. The molecule has 0 spiro atoms. The first-order valence-corrected chi connectivity index (χ1v) is 4.18. The van der Waals surface area contributed by atoms with Gasteiger partial charge in [-0.15, -0.1) is 0 Å². The molecule has 4 nitrogen and oxygen atoms in total. The van der Waals surface area contributed by atoms with Gasteiger partial charge in [-0.2, -0.15) is 5.26 Å². The quantitative estimate of drug-likeness (QED) is 0.625. The van der Waals surface area contributed by atoms with E-state index in [1.165, 1.54) is 0 Å². The lowest BCUT2D eigenvalue weighted by atomic mass is 10.2. The van der Waals surface area contributed by atoms with E-state index in [0.29, 0.717) is 19.6 Å². The lowest BCUT2D eigenvalue weighted by molar-refractivity contribution is -0.0262. The van der Waals surface area contributed by atoms with Gasteiger partial charge in [-0.05, 0) is 0 Å². The number of aliphatic hydroxyl groups is 1. The van der Waals surface area contributed by atoms with Crippen molar-refractivity contribution >= 4 is 0 Å². The normalized spacial score (nSPS) is 25.2. The third-order valence-corrected chi connectivity index (χ3v) is 2.07. The first-order valence-electron chi connectivity index (χ1n) is 4.18. The zero-order valence-electron chi connectivity index (χ0n) is 7.07. The van der Waals surface area contributed by atoms with Crippen LogP contribution in [0.5, 0.6) is 0 Å². The molecule has 0 saturated carbocycles. The Kier molecular flexibility index (Phi) is 4.01. The summed E-state index contributed by atoms with van der Waals surface area (Å²) in [5.41, 5.74) is 0. The lowest BCUT2D eigenvalue weighted by Gasteiger charge is -2.33. The highest BCUT2D eigenvalue weighted by Gasteiger charge is 2.21. The zero-order chi connectivity index (χ0) is 8.81. The summed E-state index contributed by atoms with van der Waals surface area (Å²) in [6, 6.07) is 2.19. The van der Waals surface area contributed by atoms with Crippen LogP contribution in [0.15, 0.2) is 0 Å². The first-order chi connectivity index (χ1) is 5.88. The number of nitrogens with zero attached hydrogens (tertiary/aromatic N) is 2. The fourth-order valence-electron chi connectivity index (χ4n) is 1.35. The Morgan fingerprint density at radius 3 is 3.17 bits per heavy atom. The Morgan fingerprint density at radius 1 is 1.67 bits per heavy atom. The van der Waals surface area contributed by atoms with Crippen LogP contribution in [0.3, 0.4) is 0 Å². The van der Waals surface area contributed by atoms with Crippen molar-refractivity contribution in [1.29, 1.82) is 5.26 Å². The maximum Gasteiger partial charge on any atom is 0.0644 e. The molecule has 12 heavy (non-hydrogen) atoms. The fourth-order valence-corrected chi connectivity index (χ4v) is 1.35. The average Bonchev–Trinajstić information content (AvgIpc) is 2.15. The molecular formula is C8H14N2O2. The smallest absolute Gasteiger partial charge is 0.0644 e. The van der Waals surface area contributed by atoms with Crippen LogP contribution < -0.4 is 0 Å². The molecule has 0 radical (unpaired) electrons. The molecule has 0 aliphatic carbocycles. The lowest BCUT2D eigenvalue weighted by Crippen LogP contribution is -2.47. The Bertz CT molecular complexity index is 167. The largest absolute Gasteiger partial charge is 0.395 e. The average molecular weight is 170 g/mol. The molecule has 0 aromatic rings. The fraction of sp³-hybridized carbons (Fsp3) is 0.875.